The zero-order valence-electron chi connectivity index (χ0n) is 15.1. The first-order valence-electron chi connectivity index (χ1n) is 7.93. The number of sulfone groups is 1. The van der Waals surface area contributed by atoms with Crippen molar-refractivity contribution in [2.24, 2.45) is 5.16 Å². The lowest BCUT2D eigenvalue weighted by molar-refractivity contribution is -0.173. The van der Waals surface area contributed by atoms with Gasteiger partial charge in [-0.1, -0.05) is 28.4 Å². The summed E-state index contributed by atoms with van der Waals surface area (Å²) in [6, 6.07) is 1.26. The van der Waals surface area contributed by atoms with Gasteiger partial charge in [0.15, 0.2) is 15.2 Å². The molecule has 0 radical (unpaired) electrons. The summed E-state index contributed by atoms with van der Waals surface area (Å²) in [5.41, 5.74) is -0.841. The van der Waals surface area contributed by atoms with Crippen molar-refractivity contribution >= 4 is 44.7 Å². The largest absolute Gasteiger partial charge is 0.478 e. The van der Waals surface area contributed by atoms with Crippen LogP contribution in [0.4, 0.5) is 13.2 Å². The van der Waals surface area contributed by atoms with E-state index in [9.17, 15) is 31.5 Å². The monoisotopic (exact) mass is 487 g/mol. The van der Waals surface area contributed by atoms with Crippen LogP contribution in [0.5, 0.6) is 0 Å². The predicted molar refractivity (Wildman–Crippen MR) is 103 cm³/mol. The van der Waals surface area contributed by atoms with E-state index in [0.29, 0.717) is 0 Å². The summed E-state index contributed by atoms with van der Waals surface area (Å²) >= 11 is 11.8. The van der Waals surface area contributed by atoms with Crippen LogP contribution in [-0.4, -0.2) is 66.0 Å². The molecule has 0 spiro atoms. The number of oxime groups is 1. The SMILES string of the molecule is CS(=O)(=O)C1C(C(=O)O)=CC=CN1C/C(=N/OCC(F)(F)F)c1ncc(Cl)cc1Cl. The number of rotatable bonds is 7. The van der Waals surface area contributed by atoms with Crippen molar-refractivity contribution in [3.05, 3.63) is 51.9 Å². The van der Waals surface area contributed by atoms with Crippen molar-refractivity contribution in [2.75, 3.05) is 19.4 Å². The average Bonchev–Trinajstić information content (AvgIpc) is 2.58. The second-order valence-corrected chi connectivity index (χ2v) is 8.98. The molecule has 0 aliphatic carbocycles. The number of allylic oxidation sites excluding steroid dienone is 2. The highest BCUT2D eigenvalue weighted by Gasteiger charge is 2.36. The zero-order valence-corrected chi connectivity index (χ0v) is 17.4. The van der Waals surface area contributed by atoms with Crippen molar-refractivity contribution in [3.8, 4) is 0 Å². The maximum absolute atomic E-state index is 12.4. The Morgan fingerprint density at radius 1 is 1.40 bits per heavy atom. The molecule has 0 amide bonds. The number of hydrogen-bond acceptors (Lipinski definition) is 7. The standard InChI is InChI=1S/C16H14Cl2F3N3O5S/c1-30(27,28)14-10(15(25)26)3-2-4-24(14)7-12(23-29-8-16(19,20)21)13-11(18)5-9(17)6-22-13/h2-6,14H,7-8H2,1H3,(H,25,26)/b23-12-. The number of carboxylic acid groups (broad SMARTS) is 1. The van der Waals surface area contributed by atoms with Crippen LogP contribution in [0.15, 0.2) is 41.3 Å². The molecule has 0 bridgehead atoms. The molecule has 30 heavy (non-hydrogen) atoms. The van der Waals surface area contributed by atoms with Gasteiger partial charge in [-0.15, -0.1) is 0 Å². The maximum Gasteiger partial charge on any atom is 0.425 e. The summed E-state index contributed by atoms with van der Waals surface area (Å²) in [6.45, 7) is -2.20. The number of halogens is 5. The summed E-state index contributed by atoms with van der Waals surface area (Å²) < 4.78 is 61.7. The number of pyridine rings is 1. The number of carbonyl (C=O) groups is 1. The van der Waals surface area contributed by atoms with Crippen LogP contribution >= 0.6 is 23.2 Å². The Labute approximate surface area is 179 Å². The van der Waals surface area contributed by atoms with Gasteiger partial charge in [-0.2, -0.15) is 13.2 Å². The summed E-state index contributed by atoms with van der Waals surface area (Å²) in [7, 11) is -3.98. The van der Waals surface area contributed by atoms with E-state index in [4.69, 9.17) is 23.2 Å². The van der Waals surface area contributed by atoms with Gasteiger partial charge in [0.05, 0.1) is 22.2 Å². The topological polar surface area (TPSA) is 109 Å². The van der Waals surface area contributed by atoms with Crippen LogP contribution in [0.3, 0.4) is 0 Å². The number of nitrogens with zero attached hydrogens (tertiary/aromatic N) is 3. The molecule has 1 aliphatic rings. The van der Waals surface area contributed by atoms with Gasteiger partial charge in [-0.3, -0.25) is 4.98 Å². The van der Waals surface area contributed by atoms with E-state index < -0.39 is 46.1 Å². The van der Waals surface area contributed by atoms with Gasteiger partial charge >= 0.3 is 12.1 Å². The lowest BCUT2D eigenvalue weighted by Crippen LogP contribution is -2.44. The summed E-state index contributed by atoms with van der Waals surface area (Å²) in [4.78, 5) is 20.8. The van der Waals surface area contributed by atoms with Gasteiger partial charge in [0.25, 0.3) is 0 Å². The molecule has 1 atom stereocenters. The first-order valence-corrected chi connectivity index (χ1v) is 10.6. The predicted octanol–water partition coefficient (Wildman–Crippen LogP) is 2.88. The Bertz CT molecular complexity index is 1030. The molecule has 0 saturated heterocycles. The highest BCUT2D eigenvalue weighted by atomic mass is 35.5. The van der Waals surface area contributed by atoms with Gasteiger partial charge in [0.1, 0.15) is 11.4 Å². The van der Waals surface area contributed by atoms with Crippen LogP contribution < -0.4 is 0 Å². The van der Waals surface area contributed by atoms with Gasteiger partial charge in [0.2, 0.25) is 6.61 Å². The number of alkyl halides is 3. The third-order valence-electron chi connectivity index (χ3n) is 3.59. The van der Waals surface area contributed by atoms with Crippen LogP contribution in [0.2, 0.25) is 10.0 Å². The molecule has 8 nitrogen and oxygen atoms in total. The fourth-order valence-corrected chi connectivity index (χ4v) is 4.28. The molecule has 0 aromatic carbocycles. The van der Waals surface area contributed by atoms with Crippen LogP contribution in [0.25, 0.3) is 0 Å². The molecule has 164 valence electrons. The lowest BCUT2D eigenvalue weighted by atomic mass is 10.1. The molecule has 1 aromatic heterocycles. The van der Waals surface area contributed by atoms with Gasteiger partial charge in [0, 0.05) is 18.7 Å². The second kappa shape index (κ2) is 9.23. The Balaban J connectivity index is 2.46. The molecule has 1 unspecified atom stereocenters. The Morgan fingerprint density at radius 2 is 2.07 bits per heavy atom. The van der Waals surface area contributed by atoms with E-state index in [-0.39, 0.29) is 21.5 Å². The molecule has 1 N–H and O–H groups in total. The van der Waals surface area contributed by atoms with Crippen molar-refractivity contribution in [1.82, 2.24) is 9.88 Å². The molecule has 14 heteroatoms. The molecular weight excluding hydrogens is 474 g/mol. The third-order valence-corrected chi connectivity index (χ3v) is 5.42. The minimum absolute atomic E-state index is 0.0808. The number of carboxylic acids is 1. The number of aromatic nitrogens is 1. The van der Waals surface area contributed by atoms with E-state index in [2.05, 4.69) is 15.0 Å². The fourth-order valence-electron chi connectivity index (χ4n) is 2.52. The van der Waals surface area contributed by atoms with E-state index in [1.165, 1.54) is 18.3 Å². The molecule has 2 heterocycles. The minimum Gasteiger partial charge on any atom is -0.478 e. The summed E-state index contributed by atoms with van der Waals surface area (Å²) in [5, 5.41) is 11.2. The lowest BCUT2D eigenvalue weighted by Gasteiger charge is -2.31. The molecule has 2 rings (SSSR count). The van der Waals surface area contributed by atoms with Gasteiger partial charge < -0.3 is 14.8 Å². The summed E-state index contributed by atoms with van der Waals surface area (Å²) in [6.07, 6.45) is 0.938. The number of hydrogen-bond donors (Lipinski definition) is 1. The van der Waals surface area contributed by atoms with Crippen molar-refractivity contribution in [1.29, 1.82) is 0 Å². The average molecular weight is 488 g/mol. The summed E-state index contributed by atoms with van der Waals surface area (Å²) in [5.74, 6) is -1.48. The van der Waals surface area contributed by atoms with Crippen LogP contribution in [-0.2, 0) is 19.5 Å². The number of aliphatic carboxylic acids is 1. The molecular formula is C16H14Cl2F3N3O5S. The van der Waals surface area contributed by atoms with Gasteiger partial charge in [-0.25, -0.2) is 13.2 Å². The normalized spacial score (nSPS) is 17.7. The van der Waals surface area contributed by atoms with Crippen molar-refractivity contribution in [3.63, 3.8) is 0 Å². The van der Waals surface area contributed by atoms with E-state index >= 15 is 0 Å². The fraction of sp³-hybridized carbons (Fsp3) is 0.312. The Morgan fingerprint density at radius 3 is 2.60 bits per heavy atom. The van der Waals surface area contributed by atoms with Gasteiger partial charge in [-0.05, 0) is 18.2 Å². The highest BCUT2D eigenvalue weighted by molar-refractivity contribution is 7.91. The quantitative estimate of drug-likeness (QED) is 0.465. The third kappa shape index (κ3) is 6.34. The minimum atomic E-state index is -4.68. The molecule has 1 aliphatic heterocycles. The Kier molecular flexibility index (Phi) is 7.37. The maximum atomic E-state index is 12.4. The van der Waals surface area contributed by atoms with Crippen molar-refractivity contribution in [2.45, 2.75) is 11.6 Å². The smallest absolute Gasteiger partial charge is 0.425 e. The Hall–Kier alpha value is -2.31. The molecule has 0 fully saturated rings. The van der Waals surface area contributed by atoms with Crippen LogP contribution in [0.1, 0.15) is 5.69 Å². The first-order chi connectivity index (χ1) is 13.8. The van der Waals surface area contributed by atoms with E-state index in [1.54, 1.807) is 0 Å². The van der Waals surface area contributed by atoms with E-state index in [0.717, 1.165) is 23.4 Å². The molecule has 1 aromatic rings. The molecule has 0 saturated carbocycles. The van der Waals surface area contributed by atoms with E-state index in [1.807, 2.05) is 0 Å². The van der Waals surface area contributed by atoms with Crippen molar-refractivity contribution < 1.29 is 36.3 Å². The second-order valence-electron chi connectivity index (χ2n) is 6.03. The van der Waals surface area contributed by atoms with Crippen LogP contribution in [0, 0.1) is 0 Å². The zero-order chi connectivity index (χ0) is 22.7. The highest BCUT2D eigenvalue weighted by Crippen LogP contribution is 2.25. The first kappa shape index (κ1) is 24.0.